The van der Waals surface area contributed by atoms with Gasteiger partial charge in [-0.3, -0.25) is 9.48 Å². The van der Waals surface area contributed by atoms with Crippen molar-refractivity contribution < 1.29 is 4.79 Å². The Kier molecular flexibility index (Phi) is 3.38. The molecule has 0 spiro atoms. The van der Waals surface area contributed by atoms with E-state index >= 15 is 0 Å². The second-order valence-electron chi connectivity index (χ2n) is 5.28. The Morgan fingerprint density at radius 1 is 1.40 bits per heavy atom. The first-order valence-electron chi connectivity index (χ1n) is 6.61. The Hall–Kier alpha value is -1.62. The molecule has 1 aliphatic rings. The third-order valence-electron chi connectivity index (χ3n) is 3.68. The van der Waals surface area contributed by atoms with Crippen LogP contribution >= 0.6 is 15.9 Å². The first-order chi connectivity index (χ1) is 9.54. The van der Waals surface area contributed by atoms with E-state index in [0.717, 1.165) is 22.4 Å². The molecule has 0 aliphatic heterocycles. The molecule has 1 heterocycles. The molecule has 5 heteroatoms. The summed E-state index contributed by atoms with van der Waals surface area (Å²) in [6.45, 7) is 1.91. The SMILES string of the molecule is Cc1cc(NC(=O)[C@@H]2C[C@H]2c2ccc(Br)cc2)n(C)n1. The highest BCUT2D eigenvalue weighted by Gasteiger charge is 2.44. The van der Waals surface area contributed by atoms with Crippen molar-refractivity contribution in [1.29, 1.82) is 0 Å². The van der Waals surface area contributed by atoms with Crippen molar-refractivity contribution in [3.05, 3.63) is 46.1 Å². The van der Waals surface area contributed by atoms with Crippen LogP contribution in [0.2, 0.25) is 0 Å². The summed E-state index contributed by atoms with van der Waals surface area (Å²) >= 11 is 3.42. The van der Waals surface area contributed by atoms with E-state index in [0.29, 0.717) is 5.92 Å². The Balaban J connectivity index is 1.65. The monoisotopic (exact) mass is 333 g/mol. The highest BCUT2D eigenvalue weighted by molar-refractivity contribution is 9.10. The van der Waals surface area contributed by atoms with E-state index in [1.54, 1.807) is 4.68 Å². The maximum atomic E-state index is 12.2. The van der Waals surface area contributed by atoms with Crippen LogP contribution in [0, 0.1) is 12.8 Å². The van der Waals surface area contributed by atoms with Gasteiger partial charge in [0.05, 0.1) is 5.69 Å². The molecule has 1 amide bonds. The summed E-state index contributed by atoms with van der Waals surface area (Å²) in [4.78, 5) is 12.2. The molecule has 0 saturated heterocycles. The number of aromatic nitrogens is 2. The predicted octanol–water partition coefficient (Wildman–Crippen LogP) is 3.23. The number of carbonyl (C=O) groups excluding carboxylic acids is 1. The van der Waals surface area contributed by atoms with E-state index in [-0.39, 0.29) is 11.8 Å². The molecule has 1 saturated carbocycles. The highest BCUT2D eigenvalue weighted by atomic mass is 79.9. The average Bonchev–Trinajstić information content (AvgIpc) is 3.13. The minimum absolute atomic E-state index is 0.0754. The first kappa shape index (κ1) is 13.4. The van der Waals surface area contributed by atoms with Gasteiger partial charge in [0, 0.05) is 23.5 Å². The van der Waals surface area contributed by atoms with Crippen LogP contribution in [0.1, 0.15) is 23.6 Å². The van der Waals surface area contributed by atoms with Gasteiger partial charge in [-0.1, -0.05) is 28.1 Å². The summed E-state index contributed by atoms with van der Waals surface area (Å²) < 4.78 is 2.76. The number of anilines is 1. The zero-order valence-electron chi connectivity index (χ0n) is 11.4. The number of carbonyl (C=O) groups is 1. The molecule has 1 aromatic heterocycles. The summed E-state index contributed by atoms with van der Waals surface area (Å²) in [6.07, 6.45) is 0.921. The van der Waals surface area contributed by atoms with E-state index in [1.807, 2.05) is 32.2 Å². The predicted molar refractivity (Wildman–Crippen MR) is 81.6 cm³/mol. The summed E-state index contributed by atoms with van der Waals surface area (Å²) in [5.74, 6) is 1.26. The van der Waals surface area contributed by atoms with Gasteiger partial charge in [0.25, 0.3) is 0 Å². The minimum Gasteiger partial charge on any atom is -0.311 e. The summed E-state index contributed by atoms with van der Waals surface area (Å²) in [5.41, 5.74) is 2.14. The van der Waals surface area contributed by atoms with Gasteiger partial charge < -0.3 is 5.32 Å². The molecule has 1 fully saturated rings. The fourth-order valence-corrected chi connectivity index (χ4v) is 2.77. The van der Waals surface area contributed by atoms with E-state index in [9.17, 15) is 4.79 Å². The maximum Gasteiger partial charge on any atom is 0.229 e. The van der Waals surface area contributed by atoms with Gasteiger partial charge in [-0.25, -0.2) is 0 Å². The van der Waals surface area contributed by atoms with Gasteiger partial charge in [-0.05, 0) is 37.0 Å². The average molecular weight is 334 g/mol. The zero-order chi connectivity index (χ0) is 14.3. The molecule has 0 bridgehead atoms. The summed E-state index contributed by atoms with van der Waals surface area (Å²) in [6, 6.07) is 10.1. The Morgan fingerprint density at radius 3 is 2.70 bits per heavy atom. The number of benzene rings is 1. The lowest BCUT2D eigenvalue weighted by molar-refractivity contribution is -0.117. The van der Waals surface area contributed by atoms with Crippen molar-refractivity contribution >= 4 is 27.7 Å². The van der Waals surface area contributed by atoms with Crippen LogP contribution in [0.4, 0.5) is 5.82 Å². The zero-order valence-corrected chi connectivity index (χ0v) is 13.0. The molecule has 1 N–H and O–H groups in total. The minimum atomic E-state index is 0.0754. The molecule has 104 valence electrons. The Labute approximate surface area is 126 Å². The quantitative estimate of drug-likeness (QED) is 0.937. The second-order valence-corrected chi connectivity index (χ2v) is 6.20. The van der Waals surface area contributed by atoms with E-state index < -0.39 is 0 Å². The molecular formula is C15H16BrN3O. The number of hydrogen-bond acceptors (Lipinski definition) is 2. The maximum absolute atomic E-state index is 12.2. The lowest BCUT2D eigenvalue weighted by atomic mass is 10.1. The first-order valence-corrected chi connectivity index (χ1v) is 7.41. The number of nitrogens with zero attached hydrogens (tertiary/aromatic N) is 2. The molecule has 20 heavy (non-hydrogen) atoms. The van der Waals surface area contributed by atoms with Gasteiger partial charge in [0.1, 0.15) is 5.82 Å². The number of rotatable bonds is 3. The van der Waals surface area contributed by atoms with Gasteiger partial charge >= 0.3 is 0 Å². The molecule has 2 atom stereocenters. The molecule has 3 rings (SSSR count). The van der Waals surface area contributed by atoms with E-state index in [2.05, 4.69) is 38.5 Å². The number of amides is 1. The van der Waals surface area contributed by atoms with Crippen molar-refractivity contribution in [2.24, 2.45) is 13.0 Å². The van der Waals surface area contributed by atoms with Crippen LogP contribution in [0.15, 0.2) is 34.8 Å². The molecule has 1 aromatic carbocycles. The van der Waals surface area contributed by atoms with Crippen LogP contribution in [-0.2, 0) is 11.8 Å². The van der Waals surface area contributed by atoms with Gasteiger partial charge in [0.2, 0.25) is 5.91 Å². The lowest BCUT2D eigenvalue weighted by Crippen LogP contribution is -2.16. The van der Waals surface area contributed by atoms with Crippen molar-refractivity contribution in [2.45, 2.75) is 19.3 Å². The van der Waals surface area contributed by atoms with Crippen molar-refractivity contribution in [3.63, 3.8) is 0 Å². The van der Waals surface area contributed by atoms with Crippen LogP contribution in [0.5, 0.6) is 0 Å². The topological polar surface area (TPSA) is 46.9 Å². The molecular weight excluding hydrogens is 318 g/mol. The molecule has 0 radical (unpaired) electrons. The number of aryl methyl sites for hydroxylation is 2. The lowest BCUT2D eigenvalue weighted by Gasteiger charge is -2.05. The fraction of sp³-hybridized carbons (Fsp3) is 0.333. The number of nitrogens with one attached hydrogen (secondary N) is 1. The Morgan fingerprint density at radius 2 is 2.10 bits per heavy atom. The highest BCUT2D eigenvalue weighted by Crippen LogP contribution is 2.48. The third-order valence-corrected chi connectivity index (χ3v) is 4.21. The van der Waals surface area contributed by atoms with Gasteiger partial charge in [-0.15, -0.1) is 0 Å². The van der Waals surface area contributed by atoms with Gasteiger partial charge in [0.15, 0.2) is 0 Å². The third kappa shape index (κ3) is 2.63. The summed E-state index contributed by atoms with van der Waals surface area (Å²) in [5, 5.41) is 7.18. The smallest absolute Gasteiger partial charge is 0.229 e. The largest absolute Gasteiger partial charge is 0.311 e. The summed E-state index contributed by atoms with van der Waals surface area (Å²) in [7, 11) is 1.84. The van der Waals surface area contributed by atoms with Crippen molar-refractivity contribution in [2.75, 3.05) is 5.32 Å². The number of halogens is 1. The normalized spacial score (nSPS) is 20.8. The van der Waals surface area contributed by atoms with Gasteiger partial charge in [-0.2, -0.15) is 5.10 Å². The van der Waals surface area contributed by atoms with Crippen molar-refractivity contribution in [1.82, 2.24) is 9.78 Å². The van der Waals surface area contributed by atoms with Crippen molar-refractivity contribution in [3.8, 4) is 0 Å². The van der Waals surface area contributed by atoms with Crippen LogP contribution < -0.4 is 5.32 Å². The standard InChI is InChI=1S/C15H16BrN3O/c1-9-7-14(19(2)18-9)17-15(20)13-8-12(13)10-3-5-11(16)6-4-10/h3-7,12-13H,8H2,1-2H3,(H,17,20)/t12-,13+/m0/s1. The molecule has 2 aromatic rings. The Bertz CT molecular complexity index is 648. The molecule has 0 unspecified atom stereocenters. The van der Waals surface area contributed by atoms with E-state index in [4.69, 9.17) is 0 Å². The molecule has 1 aliphatic carbocycles. The number of hydrogen-bond donors (Lipinski definition) is 1. The van der Waals surface area contributed by atoms with E-state index in [1.165, 1.54) is 5.56 Å². The van der Waals surface area contributed by atoms with Crippen LogP contribution in [-0.4, -0.2) is 15.7 Å². The second kappa shape index (κ2) is 5.05. The van der Waals surface area contributed by atoms with Crippen LogP contribution in [0.25, 0.3) is 0 Å². The fourth-order valence-electron chi connectivity index (χ4n) is 2.51. The molecule has 4 nitrogen and oxygen atoms in total. The van der Waals surface area contributed by atoms with Crippen LogP contribution in [0.3, 0.4) is 0 Å².